The zero-order valence-corrected chi connectivity index (χ0v) is 14.8. The standard InChI is InChI=1S/C17H15FN2O5S/c1-19(2)26(23,24)13-7-8-14-16(9-13)25-17(22)20(14)10-15(21)11-3-5-12(18)6-4-11/h3-9H,10H2,1-2H3. The molecule has 1 aromatic heterocycles. The van der Waals surface area contributed by atoms with Crippen LogP contribution < -0.4 is 5.76 Å². The van der Waals surface area contributed by atoms with Crippen LogP contribution in [0.3, 0.4) is 0 Å². The highest BCUT2D eigenvalue weighted by Crippen LogP contribution is 2.20. The van der Waals surface area contributed by atoms with Crippen molar-refractivity contribution < 1.29 is 22.0 Å². The number of hydrogen-bond acceptors (Lipinski definition) is 5. The Labute approximate surface area is 148 Å². The van der Waals surface area contributed by atoms with Gasteiger partial charge in [-0.1, -0.05) is 0 Å². The molecule has 136 valence electrons. The second kappa shape index (κ2) is 6.50. The average Bonchev–Trinajstić information content (AvgIpc) is 2.90. The number of aromatic nitrogens is 1. The van der Waals surface area contributed by atoms with E-state index < -0.39 is 27.4 Å². The molecule has 0 fully saturated rings. The number of sulfonamides is 1. The lowest BCUT2D eigenvalue weighted by molar-refractivity contribution is 0.0970. The Morgan fingerprint density at radius 1 is 1.15 bits per heavy atom. The van der Waals surface area contributed by atoms with E-state index in [1.54, 1.807) is 0 Å². The van der Waals surface area contributed by atoms with Gasteiger partial charge in [-0.15, -0.1) is 0 Å². The second-order valence-electron chi connectivity index (χ2n) is 5.80. The van der Waals surface area contributed by atoms with E-state index in [2.05, 4.69) is 0 Å². The fraction of sp³-hybridized carbons (Fsp3) is 0.176. The predicted octanol–water partition coefficient (Wildman–Crippen LogP) is 1.87. The summed E-state index contributed by atoms with van der Waals surface area (Å²) in [6.45, 7) is -0.308. The van der Waals surface area contributed by atoms with Crippen molar-refractivity contribution in [2.24, 2.45) is 0 Å². The molecule has 7 nitrogen and oxygen atoms in total. The smallest absolute Gasteiger partial charge is 0.408 e. The molecule has 0 unspecified atom stereocenters. The van der Waals surface area contributed by atoms with Crippen LogP contribution in [0.25, 0.3) is 11.1 Å². The lowest BCUT2D eigenvalue weighted by Gasteiger charge is -2.10. The Hall–Kier alpha value is -2.78. The monoisotopic (exact) mass is 378 g/mol. The summed E-state index contributed by atoms with van der Waals surface area (Å²) >= 11 is 0. The van der Waals surface area contributed by atoms with Gasteiger partial charge < -0.3 is 4.42 Å². The minimum atomic E-state index is -3.68. The molecule has 26 heavy (non-hydrogen) atoms. The predicted molar refractivity (Wildman–Crippen MR) is 92.1 cm³/mol. The molecule has 0 atom stereocenters. The van der Waals surface area contributed by atoms with E-state index in [4.69, 9.17) is 4.42 Å². The summed E-state index contributed by atoms with van der Waals surface area (Å²) in [4.78, 5) is 24.4. The van der Waals surface area contributed by atoms with Gasteiger partial charge in [-0.3, -0.25) is 9.36 Å². The Morgan fingerprint density at radius 2 is 1.81 bits per heavy atom. The zero-order valence-electron chi connectivity index (χ0n) is 14.0. The van der Waals surface area contributed by atoms with Crippen molar-refractivity contribution in [3.8, 4) is 0 Å². The van der Waals surface area contributed by atoms with Crippen molar-refractivity contribution in [1.82, 2.24) is 8.87 Å². The van der Waals surface area contributed by atoms with Crippen LogP contribution in [0.15, 0.2) is 56.6 Å². The number of rotatable bonds is 5. The Kier molecular flexibility index (Phi) is 4.51. The molecule has 0 N–H and O–H groups in total. The van der Waals surface area contributed by atoms with E-state index >= 15 is 0 Å². The molecule has 3 aromatic rings. The third-order valence-electron chi connectivity index (χ3n) is 3.89. The van der Waals surface area contributed by atoms with Crippen molar-refractivity contribution in [3.63, 3.8) is 0 Å². The van der Waals surface area contributed by atoms with Gasteiger partial charge in [-0.25, -0.2) is 21.9 Å². The van der Waals surface area contributed by atoms with Gasteiger partial charge in [-0.2, -0.15) is 0 Å². The highest BCUT2D eigenvalue weighted by molar-refractivity contribution is 7.89. The summed E-state index contributed by atoms with van der Waals surface area (Å²) in [6, 6.07) is 8.95. The first kappa shape index (κ1) is 18.0. The number of benzene rings is 2. The normalized spacial score (nSPS) is 12.0. The first-order chi connectivity index (χ1) is 12.2. The number of carbonyl (C=O) groups is 1. The van der Waals surface area contributed by atoms with Crippen molar-refractivity contribution >= 4 is 26.9 Å². The molecule has 0 amide bonds. The maximum absolute atomic E-state index is 13.0. The average molecular weight is 378 g/mol. The van der Waals surface area contributed by atoms with Gasteiger partial charge in [0.1, 0.15) is 5.82 Å². The van der Waals surface area contributed by atoms with Gasteiger partial charge in [-0.05, 0) is 36.4 Å². The minimum absolute atomic E-state index is 0.0271. The third kappa shape index (κ3) is 3.18. The van der Waals surface area contributed by atoms with Gasteiger partial charge in [0, 0.05) is 25.7 Å². The molecule has 0 aliphatic rings. The summed E-state index contributed by atoms with van der Waals surface area (Å²) in [5.74, 6) is -1.66. The van der Waals surface area contributed by atoms with Crippen LogP contribution in [-0.2, 0) is 16.6 Å². The first-order valence-electron chi connectivity index (χ1n) is 7.55. The number of Topliss-reactive ketones (excluding diaryl/α,β-unsaturated/α-hetero) is 1. The number of hydrogen-bond donors (Lipinski definition) is 0. The number of nitrogens with zero attached hydrogens (tertiary/aromatic N) is 2. The molecule has 1 heterocycles. The van der Waals surface area contributed by atoms with Crippen LogP contribution in [0, 0.1) is 5.82 Å². The van der Waals surface area contributed by atoms with Crippen molar-refractivity contribution in [3.05, 3.63) is 64.4 Å². The lowest BCUT2D eigenvalue weighted by Crippen LogP contribution is -2.22. The quantitative estimate of drug-likeness (QED) is 0.632. The second-order valence-corrected chi connectivity index (χ2v) is 7.95. The van der Waals surface area contributed by atoms with Gasteiger partial charge in [0.15, 0.2) is 11.4 Å². The highest BCUT2D eigenvalue weighted by atomic mass is 32.2. The SMILES string of the molecule is CN(C)S(=O)(=O)c1ccc2c(c1)oc(=O)n2CC(=O)c1ccc(F)cc1. The van der Waals surface area contributed by atoms with E-state index in [-0.39, 0.29) is 22.6 Å². The molecular formula is C17H15FN2O5S. The number of oxazole rings is 1. The summed E-state index contributed by atoms with van der Waals surface area (Å²) in [5.41, 5.74) is 0.604. The van der Waals surface area contributed by atoms with Gasteiger partial charge in [0.05, 0.1) is 17.0 Å². The molecule has 0 bridgehead atoms. The molecule has 2 aromatic carbocycles. The van der Waals surface area contributed by atoms with Gasteiger partial charge in [0.2, 0.25) is 10.0 Å². The summed E-state index contributed by atoms with van der Waals surface area (Å²) in [7, 11) is -0.900. The molecule has 9 heteroatoms. The van der Waals surface area contributed by atoms with Crippen LogP contribution >= 0.6 is 0 Å². The molecule has 0 spiro atoms. The minimum Gasteiger partial charge on any atom is -0.408 e. The molecule has 0 saturated carbocycles. The van der Waals surface area contributed by atoms with E-state index in [9.17, 15) is 22.4 Å². The highest BCUT2D eigenvalue weighted by Gasteiger charge is 2.20. The first-order valence-corrected chi connectivity index (χ1v) is 8.99. The summed E-state index contributed by atoms with van der Waals surface area (Å²) in [5, 5.41) is 0. The molecular weight excluding hydrogens is 363 g/mol. The Morgan fingerprint density at radius 3 is 2.42 bits per heavy atom. The molecule has 0 radical (unpaired) electrons. The van der Waals surface area contributed by atoms with Crippen molar-refractivity contribution in [2.75, 3.05) is 14.1 Å². The van der Waals surface area contributed by atoms with E-state index in [0.29, 0.717) is 5.52 Å². The van der Waals surface area contributed by atoms with Crippen LogP contribution in [0.2, 0.25) is 0 Å². The van der Waals surface area contributed by atoms with Crippen LogP contribution in [0.5, 0.6) is 0 Å². The van der Waals surface area contributed by atoms with Gasteiger partial charge in [0.25, 0.3) is 0 Å². The number of carbonyl (C=O) groups excluding carboxylic acids is 1. The fourth-order valence-electron chi connectivity index (χ4n) is 2.44. The van der Waals surface area contributed by atoms with E-state index in [1.807, 2.05) is 0 Å². The maximum atomic E-state index is 13.0. The summed E-state index contributed by atoms with van der Waals surface area (Å²) in [6.07, 6.45) is 0. The molecule has 0 saturated heterocycles. The number of halogens is 1. The topological polar surface area (TPSA) is 89.6 Å². The zero-order chi connectivity index (χ0) is 19.1. The van der Waals surface area contributed by atoms with Gasteiger partial charge >= 0.3 is 5.76 Å². The Bertz CT molecular complexity index is 1140. The Balaban J connectivity index is 2.00. The molecule has 0 aliphatic carbocycles. The van der Waals surface area contributed by atoms with Crippen LogP contribution in [0.1, 0.15) is 10.4 Å². The molecule has 0 aliphatic heterocycles. The largest absolute Gasteiger partial charge is 0.420 e. The van der Waals surface area contributed by atoms with Crippen LogP contribution in [-0.4, -0.2) is 37.2 Å². The molecule has 3 rings (SSSR count). The maximum Gasteiger partial charge on any atom is 0.420 e. The fourth-order valence-corrected chi connectivity index (χ4v) is 3.36. The van der Waals surface area contributed by atoms with Crippen LogP contribution in [0.4, 0.5) is 4.39 Å². The van der Waals surface area contributed by atoms with E-state index in [1.165, 1.54) is 44.4 Å². The summed E-state index contributed by atoms with van der Waals surface area (Å²) < 4.78 is 44.5. The number of ketones is 1. The van der Waals surface area contributed by atoms with Crippen molar-refractivity contribution in [1.29, 1.82) is 0 Å². The van der Waals surface area contributed by atoms with Crippen molar-refractivity contribution in [2.45, 2.75) is 11.4 Å². The lowest BCUT2D eigenvalue weighted by atomic mass is 10.1. The van der Waals surface area contributed by atoms with E-state index in [0.717, 1.165) is 21.0 Å². The third-order valence-corrected chi connectivity index (χ3v) is 5.70. The number of fused-ring (bicyclic) bond motifs is 1.